The Balaban J connectivity index is 1.91. The predicted molar refractivity (Wildman–Crippen MR) is 79.0 cm³/mol. The van der Waals surface area contributed by atoms with Gasteiger partial charge in [-0.05, 0) is 37.3 Å². The third kappa shape index (κ3) is 3.82. The van der Waals surface area contributed by atoms with Crippen LogP contribution in [-0.2, 0) is 11.2 Å². The molecule has 1 amide bonds. The van der Waals surface area contributed by atoms with Gasteiger partial charge in [0, 0.05) is 5.92 Å². The molecule has 1 atom stereocenters. The zero-order valence-corrected chi connectivity index (χ0v) is 12.1. The van der Waals surface area contributed by atoms with Gasteiger partial charge in [-0.3, -0.25) is 4.79 Å². The van der Waals surface area contributed by atoms with Crippen LogP contribution in [0.5, 0.6) is 0 Å². The predicted octanol–water partition coefficient (Wildman–Crippen LogP) is 4.01. The number of amides is 1. The van der Waals surface area contributed by atoms with Gasteiger partial charge in [0.05, 0.1) is 6.04 Å². The van der Waals surface area contributed by atoms with Gasteiger partial charge in [0.2, 0.25) is 5.91 Å². The third-order valence-electron chi connectivity index (χ3n) is 4.22. The highest BCUT2D eigenvalue weighted by Crippen LogP contribution is 2.24. The van der Waals surface area contributed by atoms with Crippen molar-refractivity contribution in [3.8, 4) is 0 Å². The van der Waals surface area contributed by atoms with Gasteiger partial charge >= 0.3 is 0 Å². The quantitative estimate of drug-likeness (QED) is 0.869. The summed E-state index contributed by atoms with van der Waals surface area (Å²) in [6.45, 7) is 4.23. The molecule has 0 saturated heterocycles. The number of benzene rings is 1. The van der Waals surface area contributed by atoms with Crippen LogP contribution in [0.25, 0.3) is 0 Å². The zero-order valence-electron chi connectivity index (χ0n) is 12.1. The fraction of sp³-hybridized carbons (Fsp3) is 0.588. The number of carbonyl (C=O) groups is 1. The molecular weight excluding hydrogens is 234 g/mol. The van der Waals surface area contributed by atoms with Gasteiger partial charge in [-0.25, -0.2) is 0 Å². The van der Waals surface area contributed by atoms with Crippen LogP contribution in [0.2, 0.25) is 0 Å². The molecule has 1 aliphatic rings. The molecule has 0 aromatic heterocycles. The first-order chi connectivity index (χ1) is 9.20. The van der Waals surface area contributed by atoms with Gasteiger partial charge in [-0.1, -0.05) is 50.5 Å². The molecule has 1 fully saturated rings. The van der Waals surface area contributed by atoms with E-state index in [1.165, 1.54) is 30.4 Å². The standard InChI is InChI=1S/C17H25NO/c1-3-14-9-11-15(12-10-14)13(2)18-17(19)16-7-5-4-6-8-16/h9-13,16H,3-8H2,1-2H3,(H,18,19)/t13-/m0/s1. The molecule has 0 spiro atoms. The van der Waals surface area contributed by atoms with Crippen molar-refractivity contribution >= 4 is 5.91 Å². The van der Waals surface area contributed by atoms with Crippen molar-refractivity contribution < 1.29 is 4.79 Å². The van der Waals surface area contributed by atoms with Crippen LogP contribution in [0, 0.1) is 5.92 Å². The van der Waals surface area contributed by atoms with Crippen LogP contribution in [0.3, 0.4) is 0 Å². The van der Waals surface area contributed by atoms with Gasteiger partial charge in [0.1, 0.15) is 0 Å². The summed E-state index contributed by atoms with van der Waals surface area (Å²) in [6.07, 6.45) is 6.89. The van der Waals surface area contributed by atoms with Gasteiger partial charge in [-0.15, -0.1) is 0 Å². The smallest absolute Gasteiger partial charge is 0.223 e. The molecule has 1 N–H and O–H groups in total. The van der Waals surface area contributed by atoms with E-state index in [9.17, 15) is 4.79 Å². The van der Waals surface area contributed by atoms with Gasteiger partial charge in [-0.2, -0.15) is 0 Å². The Labute approximate surface area is 116 Å². The summed E-state index contributed by atoms with van der Waals surface area (Å²) in [4.78, 5) is 12.2. The minimum atomic E-state index is 0.111. The van der Waals surface area contributed by atoms with Crippen molar-refractivity contribution in [3.63, 3.8) is 0 Å². The summed E-state index contributed by atoms with van der Waals surface area (Å²) in [5.41, 5.74) is 2.54. The van der Waals surface area contributed by atoms with Gasteiger partial charge < -0.3 is 5.32 Å². The number of carbonyl (C=O) groups excluding carboxylic acids is 1. The molecule has 0 radical (unpaired) electrons. The highest BCUT2D eigenvalue weighted by Gasteiger charge is 2.22. The summed E-state index contributed by atoms with van der Waals surface area (Å²) >= 11 is 0. The van der Waals surface area contributed by atoms with Crippen LogP contribution in [0.1, 0.15) is 63.1 Å². The molecule has 0 heterocycles. The van der Waals surface area contributed by atoms with E-state index in [1.54, 1.807) is 0 Å². The number of hydrogen-bond acceptors (Lipinski definition) is 1. The molecule has 0 unspecified atom stereocenters. The maximum Gasteiger partial charge on any atom is 0.223 e. The monoisotopic (exact) mass is 259 g/mol. The van der Waals surface area contributed by atoms with Crippen LogP contribution >= 0.6 is 0 Å². The molecule has 1 saturated carbocycles. The Morgan fingerprint density at radius 2 is 1.84 bits per heavy atom. The number of hydrogen-bond donors (Lipinski definition) is 1. The van der Waals surface area contributed by atoms with E-state index < -0.39 is 0 Å². The van der Waals surface area contributed by atoms with Crippen molar-refractivity contribution in [1.82, 2.24) is 5.32 Å². The maximum absolute atomic E-state index is 12.2. The first-order valence-corrected chi connectivity index (χ1v) is 7.60. The Bertz CT molecular complexity index is 404. The number of rotatable bonds is 4. The van der Waals surface area contributed by atoms with Crippen molar-refractivity contribution in [2.45, 2.75) is 58.4 Å². The van der Waals surface area contributed by atoms with E-state index in [0.717, 1.165) is 19.3 Å². The molecular formula is C17H25NO. The largest absolute Gasteiger partial charge is 0.349 e. The molecule has 0 aliphatic heterocycles. The van der Waals surface area contributed by atoms with Crippen molar-refractivity contribution in [3.05, 3.63) is 35.4 Å². The molecule has 2 heteroatoms. The Morgan fingerprint density at radius 1 is 1.21 bits per heavy atom. The van der Waals surface area contributed by atoms with E-state index in [0.29, 0.717) is 0 Å². The minimum absolute atomic E-state index is 0.111. The second kappa shape index (κ2) is 6.74. The first kappa shape index (κ1) is 14.1. The topological polar surface area (TPSA) is 29.1 Å². The lowest BCUT2D eigenvalue weighted by molar-refractivity contribution is -0.126. The summed E-state index contributed by atoms with van der Waals surface area (Å²) in [7, 11) is 0. The van der Waals surface area contributed by atoms with Crippen molar-refractivity contribution in [1.29, 1.82) is 0 Å². The lowest BCUT2D eigenvalue weighted by Crippen LogP contribution is -2.33. The normalized spacial score (nSPS) is 18.0. The van der Waals surface area contributed by atoms with E-state index >= 15 is 0 Å². The second-order valence-electron chi connectivity index (χ2n) is 5.66. The molecule has 2 nitrogen and oxygen atoms in total. The van der Waals surface area contributed by atoms with Crippen LogP contribution in [-0.4, -0.2) is 5.91 Å². The zero-order chi connectivity index (χ0) is 13.7. The van der Waals surface area contributed by atoms with Crippen molar-refractivity contribution in [2.75, 3.05) is 0 Å². The molecule has 1 aromatic carbocycles. The van der Waals surface area contributed by atoms with Crippen LogP contribution < -0.4 is 5.32 Å². The van der Waals surface area contributed by atoms with Crippen LogP contribution in [0.4, 0.5) is 0 Å². The fourth-order valence-corrected chi connectivity index (χ4v) is 2.82. The molecule has 104 valence electrons. The van der Waals surface area contributed by atoms with E-state index in [2.05, 4.69) is 43.4 Å². The highest BCUT2D eigenvalue weighted by molar-refractivity contribution is 5.79. The molecule has 1 aliphatic carbocycles. The number of aryl methyl sites for hydroxylation is 1. The van der Waals surface area contributed by atoms with Crippen molar-refractivity contribution in [2.24, 2.45) is 5.92 Å². The molecule has 19 heavy (non-hydrogen) atoms. The van der Waals surface area contributed by atoms with E-state index in [-0.39, 0.29) is 17.9 Å². The first-order valence-electron chi connectivity index (χ1n) is 7.60. The lowest BCUT2D eigenvalue weighted by atomic mass is 9.88. The van der Waals surface area contributed by atoms with Gasteiger partial charge in [0.25, 0.3) is 0 Å². The molecule has 0 bridgehead atoms. The molecule has 1 aromatic rings. The maximum atomic E-state index is 12.2. The fourth-order valence-electron chi connectivity index (χ4n) is 2.82. The summed E-state index contributed by atoms with van der Waals surface area (Å²) in [5.74, 6) is 0.484. The average molecular weight is 259 g/mol. The third-order valence-corrected chi connectivity index (χ3v) is 4.22. The van der Waals surface area contributed by atoms with E-state index in [4.69, 9.17) is 0 Å². The Kier molecular flexibility index (Phi) is 5.00. The highest BCUT2D eigenvalue weighted by atomic mass is 16.1. The van der Waals surface area contributed by atoms with E-state index in [1.807, 2.05) is 0 Å². The Hall–Kier alpha value is -1.31. The van der Waals surface area contributed by atoms with Crippen LogP contribution in [0.15, 0.2) is 24.3 Å². The number of nitrogens with one attached hydrogen (secondary N) is 1. The average Bonchev–Trinajstić information content (AvgIpc) is 2.48. The summed E-state index contributed by atoms with van der Waals surface area (Å²) < 4.78 is 0. The Morgan fingerprint density at radius 3 is 2.42 bits per heavy atom. The van der Waals surface area contributed by atoms with Gasteiger partial charge in [0.15, 0.2) is 0 Å². The minimum Gasteiger partial charge on any atom is -0.349 e. The second-order valence-corrected chi connectivity index (χ2v) is 5.66. The lowest BCUT2D eigenvalue weighted by Gasteiger charge is -2.23. The summed E-state index contributed by atoms with van der Waals surface area (Å²) in [6, 6.07) is 8.67. The summed E-state index contributed by atoms with van der Waals surface area (Å²) in [5, 5.41) is 3.16. The SMILES string of the molecule is CCc1ccc([C@H](C)NC(=O)C2CCCCC2)cc1. The molecule has 2 rings (SSSR count).